The molecule has 1 aliphatic rings. The van der Waals surface area contributed by atoms with Gasteiger partial charge in [0.1, 0.15) is 5.82 Å². The number of hydrogen-bond donors (Lipinski definition) is 1. The van der Waals surface area contributed by atoms with E-state index in [0.717, 1.165) is 18.9 Å². The van der Waals surface area contributed by atoms with Gasteiger partial charge in [0.25, 0.3) is 0 Å². The number of nitrogens with zero attached hydrogens (tertiary/aromatic N) is 2. The van der Waals surface area contributed by atoms with E-state index in [1.54, 1.807) is 7.11 Å². The molecule has 0 aliphatic carbocycles. The van der Waals surface area contributed by atoms with Crippen LogP contribution in [0.2, 0.25) is 0 Å². The molecule has 0 spiro atoms. The zero-order chi connectivity index (χ0) is 10.7. The lowest BCUT2D eigenvalue weighted by molar-refractivity contribution is 0.398. The summed E-state index contributed by atoms with van der Waals surface area (Å²) in [4.78, 5) is 6.70. The standard InChI is InChI=1S/C11H17N3O/c1-12-9-6-7-14(8-9)10-4-3-5-11(13-10)15-2/h3-5,9,12H,6-8H2,1-2H3. The predicted octanol–water partition coefficient (Wildman–Crippen LogP) is 0.888. The Morgan fingerprint density at radius 1 is 1.53 bits per heavy atom. The molecule has 1 saturated heterocycles. The largest absolute Gasteiger partial charge is 0.481 e. The van der Waals surface area contributed by atoms with Crippen molar-refractivity contribution in [3.8, 4) is 5.88 Å². The highest BCUT2D eigenvalue weighted by Gasteiger charge is 2.21. The van der Waals surface area contributed by atoms with Crippen LogP contribution in [0.25, 0.3) is 0 Å². The van der Waals surface area contributed by atoms with Crippen LogP contribution >= 0.6 is 0 Å². The molecule has 1 atom stereocenters. The average Bonchev–Trinajstić information content (AvgIpc) is 2.78. The van der Waals surface area contributed by atoms with Gasteiger partial charge in [0.2, 0.25) is 5.88 Å². The third kappa shape index (κ3) is 2.21. The molecule has 4 nitrogen and oxygen atoms in total. The molecule has 2 heterocycles. The van der Waals surface area contributed by atoms with E-state index in [1.165, 1.54) is 6.42 Å². The van der Waals surface area contributed by atoms with Gasteiger partial charge in [-0.1, -0.05) is 6.07 Å². The smallest absolute Gasteiger partial charge is 0.214 e. The minimum atomic E-state index is 0.581. The van der Waals surface area contributed by atoms with Crippen LogP contribution in [0.4, 0.5) is 5.82 Å². The van der Waals surface area contributed by atoms with Crippen LogP contribution < -0.4 is 15.0 Å². The predicted molar refractivity (Wildman–Crippen MR) is 60.5 cm³/mol. The number of nitrogens with one attached hydrogen (secondary N) is 1. The molecule has 0 radical (unpaired) electrons. The highest BCUT2D eigenvalue weighted by molar-refractivity contribution is 5.42. The van der Waals surface area contributed by atoms with Crippen molar-refractivity contribution < 1.29 is 4.74 Å². The molecular weight excluding hydrogens is 190 g/mol. The van der Waals surface area contributed by atoms with Crippen molar-refractivity contribution in [1.82, 2.24) is 10.3 Å². The molecule has 82 valence electrons. The van der Waals surface area contributed by atoms with Gasteiger partial charge in [0.05, 0.1) is 7.11 Å². The first-order valence-corrected chi connectivity index (χ1v) is 5.26. The van der Waals surface area contributed by atoms with Crippen LogP contribution in [0, 0.1) is 0 Å². The lowest BCUT2D eigenvalue weighted by atomic mass is 10.3. The molecule has 0 saturated carbocycles. The summed E-state index contributed by atoms with van der Waals surface area (Å²) in [5, 5.41) is 3.29. The molecule has 1 unspecified atom stereocenters. The molecule has 1 fully saturated rings. The summed E-state index contributed by atoms with van der Waals surface area (Å²) < 4.78 is 5.11. The number of anilines is 1. The molecule has 0 aromatic carbocycles. The van der Waals surface area contributed by atoms with Crippen molar-refractivity contribution in [2.75, 3.05) is 32.1 Å². The van der Waals surface area contributed by atoms with Crippen LogP contribution in [0.5, 0.6) is 5.88 Å². The molecular formula is C11H17N3O. The quantitative estimate of drug-likeness (QED) is 0.798. The Bertz CT molecular complexity index is 329. The Morgan fingerprint density at radius 3 is 3.07 bits per heavy atom. The molecule has 0 amide bonds. The molecule has 0 bridgehead atoms. The van der Waals surface area contributed by atoms with E-state index in [1.807, 2.05) is 25.2 Å². The second-order valence-electron chi connectivity index (χ2n) is 3.76. The third-order valence-corrected chi connectivity index (χ3v) is 2.84. The van der Waals surface area contributed by atoms with Crippen LogP contribution in [-0.2, 0) is 0 Å². The fraction of sp³-hybridized carbons (Fsp3) is 0.545. The lowest BCUT2D eigenvalue weighted by Crippen LogP contribution is -2.29. The Labute approximate surface area is 90.3 Å². The number of rotatable bonds is 3. The van der Waals surface area contributed by atoms with Crippen molar-refractivity contribution in [3.05, 3.63) is 18.2 Å². The van der Waals surface area contributed by atoms with Crippen molar-refractivity contribution in [2.24, 2.45) is 0 Å². The van der Waals surface area contributed by atoms with E-state index in [9.17, 15) is 0 Å². The first-order valence-electron chi connectivity index (χ1n) is 5.26. The Morgan fingerprint density at radius 2 is 2.40 bits per heavy atom. The van der Waals surface area contributed by atoms with Gasteiger partial charge >= 0.3 is 0 Å². The fourth-order valence-corrected chi connectivity index (χ4v) is 1.90. The topological polar surface area (TPSA) is 37.4 Å². The van der Waals surface area contributed by atoms with Gasteiger partial charge in [0, 0.05) is 25.2 Å². The highest BCUT2D eigenvalue weighted by Crippen LogP contribution is 2.20. The molecule has 1 aromatic heterocycles. The maximum atomic E-state index is 5.11. The van der Waals surface area contributed by atoms with E-state index >= 15 is 0 Å². The minimum Gasteiger partial charge on any atom is -0.481 e. The van der Waals surface area contributed by atoms with Gasteiger partial charge in [-0.15, -0.1) is 0 Å². The van der Waals surface area contributed by atoms with Crippen molar-refractivity contribution in [2.45, 2.75) is 12.5 Å². The maximum absolute atomic E-state index is 5.11. The van der Waals surface area contributed by atoms with Gasteiger partial charge in [-0.05, 0) is 19.5 Å². The van der Waals surface area contributed by atoms with Gasteiger partial charge < -0.3 is 15.0 Å². The minimum absolute atomic E-state index is 0.581. The van der Waals surface area contributed by atoms with Crippen LogP contribution in [0.3, 0.4) is 0 Å². The van der Waals surface area contributed by atoms with E-state index in [0.29, 0.717) is 11.9 Å². The van der Waals surface area contributed by atoms with E-state index < -0.39 is 0 Å². The molecule has 1 aromatic rings. The monoisotopic (exact) mass is 207 g/mol. The summed E-state index contributed by atoms with van der Waals surface area (Å²) in [6.45, 7) is 2.09. The third-order valence-electron chi connectivity index (χ3n) is 2.84. The van der Waals surface area contributed by atoms with Crippen molar-refractivity contribution >= 4 is 5.82 Å². The van der Waals surface area contributed by atoms with Crippen molar-refractivity contribution in [3.63, 3.8) is 0 Å². The first-order chi connectivity index (χ1) is 7.33. The summed E-state index contributed by atoms with van der Waals surface area (Å²) in [6.07, 6.45) is 1.18. The Kier molecular flexibility index (Phi) is 3.06. The summed E-state index contributed by atoms with van der Waals surface area (Å²) in [6, 6.07) is 6.46. The maximum Gasteiger partial charge on any atom is 0.214 e. The van der Waals surface area contributed by atoms with Crippen LogP contribution in [0.15, 0.2) is 18.2 Å². The Hall–Kier alpha value is -1.29. The fourth-order valence-electron chi connectivity index (χ4n) is 1.90. The molecule has 2 rings (SSSR count). The summed E-state index contributed by atoms with van der Waals surface area (Å²) in [7, 11) is 3.65. The number of likely N-dealkylation sites (N-methyl/N-ethyl adjacent to an activating group) is 1. The summed E-state index contributed by atoms with van der Waals surface area (Å²) in [5.41, 5.74) is 0. The van der Waals surface area contributed by atoms with Gasteiger partial charge in [0.15, 0.2) is 0 Å². The normalized spacial score (nSPS) is 20.7. The summed E-state index contributed by atoms with van der Waals surface area (Å²) >= 11 is 0. The van der Waals surface area contributed by atoms with Crippen LogP contribution in [-0.4, -0.2) is 38.3 Å². The Balaban J connectivity index is 2.09. The average molecular weight is 207 g/mol. The van der Waals surface area contributed by atoms with Gasteiger partial charge in [-0.2, -0.15) is 4.98 Å². The number of aromatic nitrogens is 1. The number of pyridine rings is 1. The van der Waals surface area contributed by atoms with Gasteiger partial charge in [-0.3, -0.25) is 0 Å². The molecule has 1 aliphatic heterocycles. The zero-order valence-electron chi connectivity index (χ0n) is 9.23. The number of ether oxygens (including phenoxy) is 1. The van der Waals surface area contributed by atoms with Gasteiger partial charge in [-0.25, -0.2) is 0 Å². The zero-order valence-corrected chi connectivity index (χ0v) is 9.23. The number of methoxy groups -OCH3 is 1. The van der Waals surface area contributed by atoms with Crippen molar-refractivity contribution in [1.29, 1.82) is 0 Å². The SMILES string of the molecule is CNC1CCN(c2cccc(OC)n2)C1. The molecule has 4 heteroatoms. The van der Waals surface area contributed by atoms with E-state index in [2.05, 4.69) is 15.2 Å². The lowest BCUT2D eigenvalue weighted by Gasteiger charge is -2.17. The number of hydrogen-bond acceptors (Lipinski definition) is 4. The molecule has 15 heavy (non-hydrogen) atoms. The van der Waals surface area contributed by atoms with Crippen LogP contribution in [0.1, 0.15) is 6.42 Å². The van der Waals surface area contributed by atoms with E-state index in [4.69, 9.17) is 4.74 Å². The summed E-state index contributed by atoms with van der Waals surface area (Å²) in [5.74, 6) is 1.69. The second kappa shape index (κ2) is 4.49. The van der Waals surface area contributed by atoms with E-state index in [-0.39, 0.29) is 0 Å². The first kappa shape index (κ1) is 10.2. The molecule has 1 N–H and O–H groups in total. The second-order valence-corrected chi connectivity index (χ2v) is 3.76. The highest BCUT2D eigenvalue weighted by atomic mass is 16.5.